The van der Waals surface area contributed by atoms with Gasteiger partial charge < -0.3 is 25.2 Å². The largest absolute Gasteiger partial charge is 0.492 e. The Balaban J connectivity index is 1.42. The molecule has 9 nitrogen and oxygen atoms in total. The highest BCUT2D eigenvalue weighted by atomic mass is 32.1. The Hall–Kier alpha value is -2.93. The number of thiazole rings is 1. The molecule has 1 fully saturated rings. The molecule has 0 radical (unpaired) electrons. The molecule has 2 aliphatic heterocycles. The van der Waals surface area contributed by atoms with Crippen LogP contribution in [0.5, 0.6) is 0 Å². The van der Waals surface area contributed by atoms with E-state index < -0.39 is 11.7 Å². The highest BCUT2D eigenvalue weighted by molar-refractivity contribution is 7.16. The molecule has 36 heavy (non-hydrogen) atoms. The predicted octanol–water partition coefficient (Wildman–Crippen LogP) is 3.99. The fourth-order valence-corrected chi connectivity index (χ4v) is 5.22. The fourth-order valence-electron chi connectivity index (χ4n) is 4.09. The van der Waals surface area contributed by atoms with Crippen molar-refractivity contribution in [3.8, 4) is 0 Å². The van der Waals surface area contributed by atoms with Gasteiger partial charge in [0.05, 0.1) is 17.0 Å². The number of anilines is 3. The normalized spacial score (nSPS) is 17.7. The number of carbonyl (C=O) groups is 1. The lowest BCUT2D eigenvalue weighted by Crippen LogP contribution is -2.34. The van der Waals surface area contributed by atoms with Gasteiger partial charge in [-0.25, -0.2) is 9.97 Å². The van der Waals surface area contributed by atoms with Crippen molar-refractivity contribution in [2.24, 2.45) is 0 Å². The van der Waals surface area contributed by atoms with Crippen LogP contribution >= 0.6 is 11.3 Å². The summed E-state index contributed by atoms with van der Waals surface area (Å²) in [5.74, 6) is -0.0197. The van der Waals surface area contributed by atoms with Crippen LogP contribution in [0.2, 0.25) is 0 Å². The fraction of sp³-hybridized carbons (Fsp3) is 0.565. The zero-order valence-corrected chi connectivity index (χ0v) is 21.1. The molecular weight excluding hydrogens is 495 g/mol. The molecule has 0 bridgehead atoms. The molecule has 196 valence electrons. The molecule has 2 aliphatic rings. The van der Waals surface area contributed by atoms with Crippen molar-refractivity contribution in [2.75, 3.05) is 57.0 Å². The molecule has 0 spiro atoms. The number of hydrogen-bond donors (Lipinski definition) is 2. The SMILES string of the molecule is Cc1nc(C2CCN(C)CC2)sc1Nc1ncc(C(F)(F)F)c(NCCCN2CC=COCC2=O)n1. The Morgan fingerprint density at radius 2 is 2.03 bits per heavy atom. The van der Waals surface area contributed by atoms with Crippen LogP contribution in [0.25, 0.3) is 0 Å². The molecule has 13 heteroatoms. The monoisotopic (exact) mass is 525 g/mol. The summed E-state index contributed by atoms with van der Waals surface area (Å²) in [4.78, 5) is 28.6. The Bertz CT molecular complexity index is 1080. The molecule has 1 amide bonds. The third-order valence-corrected chi connectivity index (χ3v) is 7.41. The van der Waals surface area contributed by atoms with Crippen molar-refractivity contribution in [1.82, 2.24) is 24.8 Å². The lowest BCUT2D eigenvalue weighted by molar-refractivity contribution is -0.137. The second-order valence-corrected chi connectivity index (χ2v) is 9.96. The molecule has 4 heterocycles. The quantitative estimate of drug-likeness (QED) is 0.500. The lowest BCUT2D eigenvalue weighted by atomic mass is 9.98. The van der Waals surface area contributed by atoms with Crippen LogP contribution in [0, 0.1) is 6.92 Å². The average Bonchev–Trinajstić information content (AvgIpc) is 3.06. The van der Waals surface area contributed by atoms with Crippen LogP contribution in [-0.2, 0) is 15.7 Å². The van der Waals surface area contributed by atoms with Gasteiger partial charge in [-0.2, -0.15) is 18.2 Å². The van der Waals surface area contributed by atoms with Crippen LogP contribution in [0.3, 0.4) is 0 Å². The van der Waals surface area contributed by atoms with Gasteiger partial charge in [0, 0.05) is 31.7 Å². The molecular formula is C23H30F3N7O2S. The van der Waals surface area contributed by atoms with Gasteiger partial charge in [0.2, 0.25) is 5.95 Å². The van der Waals surface area contributed by atoms with Gasteiger partial charge in [-0.3, -0.25) is 4.79 Å². The van der Waals surface area contributed by atoms with E-state index >= 15 is 0 Å². The van der Waals surface area contributed by atoms with Crippen LogP contribution in [0.4, 0.5) is 29.9 Å². The molecule has 0 atom stereocenters. The zero-order valence-electron chi connectivity index (χ0n) is 20.3. The zero-order chi connectivity index (χ0) is 25.7. The number of rotatable bonds is 8. The Morgan fingerprint density at radius 3 is 2.78 bits per heavy atom. The van der Waals surface area contributed by atoms with Crippen molar-refractivity contribution in [2.45, 2.75) is 38.3 Å². The number of carbonyl (C=O) groups excluding carboxylic acids is 1. The first-order valence-electron chi connectivity index (χ1n) is 11.9. The van der Waals surface area contributed by atoms with Crippen LogP contribution < -0.4 is 10.6 Å². The van der Waals surface area contributed by atoms with Gasteiger partial charge >= 0.3 is 6.18 Å². The van der Waals surface area contributed by atoms with Gasteiger partial charge in [0.1, 0.15) is 16.4 Å². The second-order valence-electron chi connectivity index (χ2n) is 8.93. The molecule has 4 rings (SSSR count). The van der Waals surface area contributed by atoms with Crippen molar-refractivity contribution in [3.63, 3.8) is 0 Å². The number of piperidine rings is 1. The summed E-state index contributed by atoms with van der Waals surface area (Å²) in [6.45, 7) is 4.84. The van der Waals surface area contributed by atoms with Crippen molar-refractivity contribution >= 4 is 34.0 Å². The van der Waals surface area contributed by atoms with E-state index in [2.05, 4.69) is 32.5 Å². The number of aromatic nitrogens is 3. The van der Waals surface area contributed by atoms with E-state index in [1.54, 1.807) is 11.0 Å². The third kappa shape index (κ3) is 6.64. The summed E-state index contributed by atoms with van der Waals surface area (Å²) >= 11 is 1.50. The number of aryl methyl sites for hydroxylation is 1. The Morgan fingerprint density at radius 1 is 1.25 bits per heavy atom. The van der Waals surface area contributed by atoms with Crippen LogP contribution in [0.1, 0.15) is 41.4 Å². The maximum Gasteiger partial charge on any atom is 0.421 e. The molecule has 0 aliphatic carbocycles. The minimum absolute atomic E-state index is 0.0421. The van der Waals surface area contributed by atoms with Crippen LogP contribution in [0.15, 0.2) is 18.5 Å². The number of amides is 1. The van der Waals surface area contributed by atoms with E-state index in [0.717, 1.165) is 47.8 Å². The van der Waals surface area contributed by atoms with E-state index in [1.807, 2.05) is 6.92 Å². The number of nitrogens with one attached hydrogen (secondary N) is 2. The van der Waals surface area contributed by atoms with Gasteiger partial charge in [-0.15, -0.1) is 11.3 Å². The molecule has 2 N–H and O–H groups in total. The summed E-state index contributed by atoms with van der Waals surface area (Å²) in [7, 11) is 2.10. The minimum Gasteiger partial charge on any atom is -0.492 e. The molecule has 0 unspecified atom stereocenters. The molecule has 2 aromatic rings. The summed E-state index contributed by atoms with van der Waals surface area (Å²) < 4.78 is 45.8. The van der Waals surface area contributed by atoms with E-state index in [0.29, 0.717) is 25.4 Å². The minimum atomic E-state index is -4.61. The van der Waals surface area contributed by atoms with Gasteiger partial charge in [-0.1, -0.05) is 0 Å². The second kappa shape index (κ2) is 11.4. The maximum absolute atomic E-state index is 13.6. The first kappa shape index (κ1) is 26.1. The smallest absolute Gasteiger partial charge is 0.421 e. The number of hydrogen-bond acceptors (Lipinski definition) is 9. The van der Waals surface area contributed by atoms with Gasteiger partial charge in [-0.05, 0) is 52.4 Å². The first-order valence-corrected chi connectivity index (χ1v) is 12.7. The Labute approximate surface area is 211 Å². The van der Waals surface area contributed by atoms with Crippen molar-refractivity contribution in [3.05, 3.63) is 34.8 Å². The molecule has 2 aromatic heterocycles. The molecule has 0 aromatic carbocycles. The van der Waals surface area contributed by atoms with E-state index in [9.17, 15) is 18.0 Å². The number of nitrogens with zero attached hydrogens (tertiary/aromatic N) is 5. The Kier molecular flexibility index (Phi) is 8.29. The highest BCUT2D eigenvalue weighted by Crippen LogP contribution is 2.37. The number of likely N-dealkylation sites (tertiary alicyclic amines) is 1. The number of halogens is 3. The average molecular weight is 526 g/mol. The summed E-state index contributed by atoms with van der Waals surface area (Å²) in [6.07, 6.45) is 1.88. The first-order chi connectivity index (χ1) is 17.2. The standard InChI is InChI=1S/C23H30F3N7O2S/c1-15-20(36-21(29-15)16-5-10-32(2)11-6-16)31-22-28-13-17(23(24,25)26)19(30-22)27-7-3-8-33-9-4-12-35-14-18(33)34/h4,12-13,16H,3,5-11,14H2,1-2H3,(H2,27,28,30,31). The van der Waals surface area contributed by atoms with E-state index in [1.165, 1.54) is 17.6 Å². The predicted molar refractivity (Wildman–Crippen MR) is 131 cm³/mol. The van der Waals surface area contributed by atoms with Crippen LogP contribution in [-0.4, -0.2) is 77.0 Å². The van der Waals surface area contributed by atoms with Gasteiger partial charge in [0.15, 0.2) is 6.61 Å². The van der Waals surface area contributed by atoms with E-state index in [-0.39, 0.29) is 30.8 Å². The number of ether oxygens (including phenoxy) is 1. The molecule has 0 saturated carbocycles. The van der Waals surface area contributed by atoms with Crippen molar-refractivity contribution < 1.29 is 22.7 Å². The van der Waals surface area contributed by atoms with Crippen molar-refractivity contribution in [1.29, 1.82) is 0 Å². The molecule has 1 saturated heterocycles. The van der Waals surface area contributed by atoms with Gasteiger partial charge in [0.25, 0.3) is 5.91 Å². The summed E-state index contributed by atoms with van der Waals surface area (Å²) in [6, 6.07) is 0. The summed E-state index contributed by atoms with van der Waals surface area (Å²) in [5, 5.41) is 7.58. The van der Waals surface area contributed by atoms with E-state index in [4.69, 9.17) is 9.72 Å². The third-order valence-electron chi connectivity index (χ3n) is 6.18. The maximum atomic E-state index is 13.6. The number of alkyl halides is 3. The highest BCUT2D eigenvalue weighted by Gasteiger charge is 2.35. The topological polar surface area (TPSA) is 95.5 Å². The lowest BCUT2D eigenvalue weighted by Gasteiger charge is -2.27. The summed E-state index contributed by atoms with van der Waals surface area (Å²) in [5.41, 5.74) is -0.171.